The number of carbonyl (C=O) groups excluding carboxylic acids is 1. The van der Waals surface area contributed by atoms with Gasteiger partial charge >= 0.3 is 5.97 Å². The largest absolute Gasteiger partial charge is 0.493 e. The van der Waals surface area contributed by atoms with Gasteiger partial charge < -0.3 is 15.2 Å². The molecule has 0 spiro atoms. The zero-order valence-corrected chi connectivity index (χ0v) is 15.9. The van der Waals surface area contributed by atoms with Crippen LogP contribution in [-0.2, 0) is 16.0 Å². The molecule has 6 heteroatoms. The van der Waals surface area contributed by atoms with E-state index in [4.69, 9.17) is 4.74 Å². The highest BCUT2D eigenvalue weighted by atomic mass is 79.9. The van der Waals surface area contributed by atoms with Gasteiger partial charge in [0.05, 0.1) is 6.61 Å². The van der Waals surface area contributed by atoms with Crippen LogP contribution in [0.2, 0.25) is 0 Å². The number of halogens is 1. The van der Waals surface area contributed by atoms with Crippen molar-refractivity contribution in [2.75, 3.05) is 6.61 Å². The van der Waals surface area contributed by atoms with Gasteiger partial charge in [0, 0.05) is 22.5 Å². The zero-order chi connectivity index (χ0) is 18.9. The summed E-state index contributed by atoms with van der Waals surface area (Å²) in [6.07, 6.45) is 3.13. The van der Waals surface area contributed by atoms with E-state index in [9.17, 15) is 14.7 Å². The minimum Gasteiger partial charge on any atom is -0.493 e. The molecule has 0 heterocycles. The number of ether oxygens (including phenoxy) is 1. The summed E-state index contributed by atoms with van der Waals surface area (Å²) in [4.78, 5) is 23.6. The van der Waals surface area contributed by atoms with E-state index in [1.54, 1.807) is 12.1 Å². The second kappa shape index (κ2) is 9.77. The van der Waals surface area contributed by atoms with Crippen molar-refractivity contribution < 1.29 is 19.4 Å². The van der Waals surface area contributed by atoms with E-state index >= 15 is 0 Å². The Hall–Kier alpha value is -2.60. The van der Waals surface area contributed by atoms with Gasteiger partial charge in [0.15, 0.2) is 0 Å². The molecule has 0 saturated heterocycles. The van der Waals surface area contributed by atoms with Crippen LogP contribution < -0.4 is 10.1 Å². The summed E-state index contributed by atoms with van der Waals surface area (Å²) in [6.45, 7) is 2.39. The number of benzene rings is 2. The Balaban J connectivity index is 2.07. The van der Waals surface area contributed by atoms with Crippen molar-refractivity contribution >= 4 is 33.9 Å². The maximum absolute atomic E-state index is 12.2. The Labute approximate surface area is 160 Å². The highest BCUT2D eigenvalue weighted by Crippen LogP contribution is 2.24. The standard InChI is InChI=1S/C20H20BrNO4/c1-2-26-18-10-9-16(21)13-15(18)8-11-19(23)22-17(20(24)25)12-14-6-4-3-5-7-14/h3-11,13,17H,2,12H2,1H3,(H,22,23)(H,24,25)/b11-8+/t17-/m1/s1. The average molecular weight is 418 g/mol. The average Bonchev–Trinajstić information content (AvgIpc) is 2.62. The lowest BCUT2D eigenvalue weighted by atomic mass is 10.1. The van der Waals surface area contributed by atoms with Crippen molar-refractivity contribution in [3.63, 3.8) is 0 Å². The van der Waals surface area contributed by atoms with Crippen LogP contribution in [0.4, 0.5) is 0 Å². The van der Waals surface area contributed by atoms with Crippen molar-refractivity contribution in [3.8, 4) is 5.75 Å². The number of hydrogen-bond donors (Lipinski definition) is 2. The predicted octanol–water partition coefficient (Wildman–Crippen LogP) is 3.67. The van der Waals surface area contributed by atoms with Crippen molar-refractivity contribution in [3.05, 3.63) is 70.2 Å². The number of hydrogen-bond acceptors (Lipinski definition) is 3. The molecule has 0 aromatic heterocycles. The maximum atomic E-state index is 12.2. The quantitative estimate of drug-likeness (QED) is 0.642. The summed E-state index contributed by atoms with van der Waals surface area (Å²) < 4.78 is 6.38. The Kier molecular flexibility index (Phi) is 7.41. The van der Waals surface area contributed by atoms with Crippen LogP contribution in [0.3, 0.4) is 0 Å². The van der Waals surface area contributed by atoms with Crippen LogP contribution in [0.5, 0.6) is 5.75 Å². The minimum atomic E-state index is -1.08. The number of carboxylic acids is 1. The first-order valence-electron chi connectivity index (χ1n) is 8.17. The second-order valence-electron chi connectivity index (χ2n) is 5.54. The van der Waals surface area contributed by atoms with Crippen LogP contribution in [0.1, 0.15) is 18.1 Å². The molecule has 5 nitrogen and oxygen atoms in total. The van der Waals surface area contributed by atoms with Gasteiger partial charge in [-0.1, -0.05) is 46.3 Å². The van der Waals surface area contributed by atoms with E-state index < -0.39 is 17.9 Å². The molecule has 2 rings (SSSR count). The molecule has 0 bridgehead atoms. The summed E-state index contributed by atoms with van der Waals surface area (Å²) in [6, 6.07) is 13.7. The molecule has 26 heavy (non-hydrogen) atoms. The smallest absolute Gasteiger partial charge is 0.326 e. The van der Waals surface area contributed by atoms with Crippen LogP contribution >= 0.6 is 15.9 Å². The summed E-state index contributed by atoms with van der Waals surface area (Å²) in [5.41, 5.74) is 1.57. The fraction of sp³-hybridized carbons (Fsp3) is 0.200. The molecule has 2 aromatic rings. The molecular formula is C20H20BrNO4. The van der Waals surface area contributed by atoms with E-state index in [-0.39, 0.29) is 6.42 Å². The van der Waals surface area contributed by atoms with Gasteiger partial charge in [-0.05, 0) is 36.8 Å². The summed E-state index contributed by atoms with van der Waals surface area (Å²) >= 11 is 3.38. The second-order valence-corrected chi connectivity index (χ2v) is 6.45. The molecule has 136 valence electrons. The molecule has 0 radical (unpaired) electrons. The van der Waals surface area contributed by atoms with Crippen LogP contribution in [-0.4, -0.2) is 29.6 Å². The molecule has 0 unspecified atom stereocenters. The lowest BCUT2D eigenvalue weighted by Crippen LogP contribution is -2.41. The Bertz CT molecular complexity index is 790. The molecule has 0 aliphatic rings. The number of carbonyl (C=O) groups is 2. The molecule has 1 atom stereocenters. The van der Waals surface area contributed by atoms with Gasteiger partial charge in [0.25, 0.3) is 0 Å². The normalized spacial score (nSPS) is 11.9. The maximum Gasteiger partial charge on any atom is 0.326 e. The first-order valence-corrected chi connectivity index (χ1v) is 8.96. The molecule has 2 aromatic carbocycles. The molecule has 1 amide bonds. The number of carboxylic acid groups (broad SMARTS) is 1. The van der Waals surface area contributed by atoms with E-state index in [2.05, 4.69) is 21.2 Å². The third-order valence-corrected chi connectivity index (χ3v) is 4.08. The van der Waals surface area contributed by atoms with Crippen LogP contribution in [0.15, 0.2) is 59.1 Å². The number of aliphatic carboxylic acids is 1. The van der Waals surface area contributed by atoms with Crippen molar-refractivity contribution in [1.82, 2.24) is 5.32 Å². The third kappa shape index (κ3) is 6.04. The zero-order valence-electron chi connectivity index (χ0n) is 14.3. The highest BCUT2D eigenvalue weighted by Gasteiger charge is 2.19. The van der Waals surface area contributed by atoms with E-state index in [0.717, 1.165) is 15.6 Å². The number of rotatable bonds is 8. The molecule has 0 aliphatic carbocycles. The molecule has 0 aliphatic heterocycles. The summed E-state index contributed by atoms with van der Waals surface area (Å²) in [7, 11) is 0. The number of nitrogens with one attached hydrogen (secondary N) is 1. The fourth-order valence-corrected chi connectivity index (χ4v) is 2.75. The first-order chi connectivity index (χ1) is 12.5. The third-order valence-electron chi connectivity index (χ3n) is 3.58. The molecular weight excluding hydrogens is 398 g/mol. The Morgan fingerprint density at radius 3 is 2.62 bits per heavy atom. The Morgan fingerprint density at radius 2 is 1.96 bits per heavy atom. The van der Waals surface area contributed by atoms with Gasteiger partial charge in [-0.25, -0.2) is 4.79 Å². The number of amides is 1. The van der Waals surface area contributed by atoms with Gasteiger partial charge in [-0.15, -0.1) is 0 Å². The van der Waals surface area contributed by atoms with Gasteiger partial charge in [0.1, 0.15) is 11.8 Å². The molecule has 0 fully saturated rings. The van der Waals surface area contributed by atoms with Crippen LogP contribution in [0.25, 0.3) is 6.08 Å². The first kappa shape index (κ1) is 19.7. The summed E-state index contributed by atoms with van der Waals surface area (Å²) in [5.74, 6) is -0.900. The lowest BCUT2D eigenvalue weighted by Gasteiger charge is -2.13. The topological polar surface area (TPSA) is 75.6 Å². The summed E-state index contributed by atoms with van der Waals surface area (Å²) in [5, 5.41) is 11.9. The van der Waals surface area contributed by atoms with Gasteiger partial charge in [-0.2, -0.15) is 0 Å². The van der Waals surface area contributed by atoms with Crippen molar-refractivity contribution in [2.45, 2.75) is 19.4 Å². The Morgan fingerprint density at radius 1 is 1.23 bits per heavy atom. The van der Waals surface area contributed by atoms with E-state index in [1.807, 2.05) is 49.4 Å². The monoisotopic (exact) mass is 417 g/mol. The minimum absolute atomic E-state index is 0.219. The van der Waals surface area contributed by atoms with E-state index in [0.29, 0.717) is 12.4 Å². The molecule has 0 saturated carbocycles. The lowest BCUT2D eigenvalue weighted by molar-refractivity contribution is -0.141. The van der Waals surface area contributed by atoms with Crippen molar-refractivity contribution in [1.29, 1.82) is 0 Å². The molecule has 2 N–H and O–H groups in total. The fourth-order valence-electron chi connectivity index (χ4n) is 2.37. The van der Waals surface area contributed by atoms with E-state index in [1.165, 1.54) is 6.08 Å². The predicted molar refractivity (Wildman–Crippen MR) is 104 cm³/mol. The van der Waals surface area contributed by atoms with Gasteiger partial charge in [-0.3, -0.25) is 4.79 Å². The highest BCUT2D eigenvalue weighted by molar-refractivity contribution is 9.10. The SMILES string of the molecule is CCOc1ccc(Br)cc1/C=C/C(=O)N[C@H](Cc1ccccc1)C(=O)O. The van der Waals surface area contributed by atoms with Crippen LogP contribution in [0, 0.1) is 0 Å². The van der Waals surface area contributed by atoms with Crippen molar-refractivity contribution in [2.24, 2.45) is 0 Å². The van der Waals surface area contributed by atoms with Gasteiger partial charge in [0.2, 0.25) is 5.91 Å².